The average Bonchev–Trinajstić information content (AvgIpc) is 2.88. The van der Waals surface area contributed by atoms with Crippen LogP contribution in [0.1, 0.15) is 17.5 Å². The lowest BCUT2D eigenvalue weighted by molar-refractivity contribution is 0.0512. The summed E-state index contributed by atoms with van der Waals surface area (Å²) in [5.74, 6) is 0.247. The summed E-state index contributed by atoms with van der Waals surface area (Å²) >= 11 is 0. The number of anilines is 1. The molecule has 0 aliphatic heterocycles. The van der Waals surface area contributed by atoms with Crippen molar-refractivity contribution >= 4 is 11.8 Å². The Bertz CT molecular complexity index is 543. The minimum Gasteiger partial charge on any atom is -0.460 e. The molecular weight excluding hydrogens is 224 g/mol. The minimum atomic E-state index is -0.547. The molecule has 0 saturated carbocycles. The molecule has 2 heterocycles. The van der Waals surface area contributed by atoms with Crippen LogP contribution in [-0.4, -0.2) is 37.5 Å². The van der Waals surface area contributed by atoms with Crippen LogP contribution >= 0.6 is 0 Å². The van der Waals surface area contributed by atoms with Gasteiger partial charge in [-0.1, -0.05) is 0 Å². The molecule has 0 fully saturated rings. The fraction of sp³-hybridized carbons (Fsp3) is 0.333. The molecule has 0 unspecified atom stereocenters. The molecule has 0 radical (unpaired) electrons. The van der Waals surface area contributed by atoms with E-state index >= 15 is 0 Å². The second-order valence-electron chi connectivity index (χ2n) is 3.30. The van der Waals surface area contributed by atoms with Crippen LogP contribution in [0, 0.1) is 0 Å². The van der Waals surface area contributed by atoms with Gasteiger partial charge in [0.05, 0.1) is 18.4 Å². The van der Waals surface area contributed by atoms with E-state index in [1.807, 2.05) is 0 Å². The molecule has 90 valence electrons. The van der Waals surface area contributed by atoms with Gasteiger partial charge in [-0.25, -0.2) is 9.78 Å². The highest BCUT2D eigenvalue weighted by molar-refractivity contribution is 5.85. The highest BCUT2D eigenvalue weighted by Crippen LogP contribution is 2.20. The van der Waals surface area contributed by atoms with E-state index in [2.05, 4.69) is 20.3 Å². The van der Waals surface area contributed by atoms with Gasteiger partial charge < -0.3 is 10.5 Å². The maximum atomic E-state index is 11.4. The molecule has 2 aromatic rings. The second-order valence-corrected chi connectivity index (χ2v) is 3.30. The first-order valence-corrected chi connectivity index (χ1v) is 5.00. The van der Waals surface area contributed by atoms with Crippen LogP contribution in [0.15, 0.2) is 6.20 Å². The lowest BCUT2D eigenvalue weighted by Gasteiger charge is -1.95. The summed E-state index contributed by atoms with van der Waals surface area (Å²) < 4.78 is 6.28. The van der Waals surface area contributed by atoms with Gasteiger partial charge in [0.15, 0.2) is 5.82 Å². The number of carbonyl (C=O) groups excluding carboxylic acids is 1. The normalized spacial score (nSPS) is 10.5. The van der Waals surface area contributed by atoms with E-state index in [0.29, 0.717) is 17.2 Å². The molecule has 8 heteroatoms. The second kappa shape index (κ2) is 4.24. The number of nitrogens with two attached hydrogens (primary N) is 1. The van der Waals surface area contributed by atoms with Crippen molar-refractivity contribution < 1.29 is 9.53 Å². The summed E-state index contributed by atoms with van der Waals surface area (Å²) in [7, 11) is 1.71. The maximum Gasteiger partial charge on any atom is 0.375 e. The van der Waals surface area contributed by atoms with Crippen molar-refractivity contribution in [3.8, 4) is 11.4 Å². The van der Waals surface area contributed by atoms with E-state index in [4.69, 9.17) is 10.5 Å². The predicted molar refractivity (Wildman–Crippen MR) is 59.0 cm³/mol. The molecular formula is C9H12N6O2. The number of nitrogens with one attached hydrogen (secondary N) is 1. The largest absolute Gasteiger partial charge is 0.460 e. The highest BCUT2D eigenvalue weighted by Gasteiger charge is 2.16. The van der Waals surface area contributed by atoms with Crippen molar-refractivity contribution in [2.24, 2.45) is 7.05 Å². The summed E-state index contributed by atoms with van der Waals surface area (Å²) in [6.45, 7) is 2.00. The molecule has 0 bridgehead atoms. The predicted octanol–water partition coefficient (Wildman–Crippen LogP) is -0.0359. The number of rotatable bonds is 3. The Morgan fingerprint density at radius 2 is 2.41 bits per heavy atom. The van der Waals surface area contributed by atoms with Crippen LogP contribution in [0.25, 0.3) is 11.4 Å². The summed E-state index contributed by atoms with van der Waals surface area (Å²) in [4.78, 5) is 15.4. The highest BCUT2D eigenvalue weighted by atomic mass is 16.5. The Balaban J connectivity index is 2.30. The molecule has 0 aliphatic rings. The Labute approximate surface area is 96.8 Å². The van der Waals surface area contributed by atoms with Crippen molar-refractivity contribution in [1.29, 1.82) is 0 Å². The van der Waals surface area contributed by atoms with Crippen molar-refractivity contribution in [3.05, 3.63) is 12.0 Å². The zero-order valence-corrected chi connectivity index (χ0v) is 9.47. The summed E-state index contributed by atoms with van der Waals surface area (Å²) in [5.41, 5.74) is 6.34. The Hall–Kier alpha value is -2.38. The molecule has 0 atom stereocenters. The standard InChI is InChI=1S/C9H12N6O2/c1-3-17-9(16)8-12-7(13-14-8)5-4-11-15(2)6(5)10/h4H,3,10H2,1-2H3,(H,12,13,14). The van der Waals surface area contributed by atoms with Crippen LogP contribution < -0.4 is 5.73 Å². The zero-order chi connectivity index (χ0) is 12.4. The lowest BCUT2D eigenvalue weighted by atomic mass is 10.3. The third kappa shape index (κ3) is 1.96. The third-order valence-electron chi connectivity index (χ3n) is 2.18. The molecule has 2 aromatic heterocycles. The summed E-state index contributed by atoms with van der Waals surface area (Å²) in [5, 5.41) is 10.4. The van der Waals surface area contributed by atoms with Gasteiger partial charge >= 0.3 is 5.97 Å². The molecule has 17 heavy (non-hydrogen) atoms. The van der Waals surface area contributed by atoms with Gasteiger partial charge in [0, 0.05) is 7.05 Å². The lowest BCUT2D eigenvalue weighted by Crippen LogP contribution is -2.06. The Kier molecular flexibility index (Phi) is 2.77. The smallest absolute Gasteiger partial charge is 0.375 e. The molecule has 8 nitrogen and oxygen atoms in total. The van der Waals surface area contributed by atoms with Gasteiger partial charge in [-0.3, -0.25) is 9.78 Å². The van der Waals surface area contributed by atoms with E-state index in [1.165, 1.54) is 10.9 Å². The molecule has 3 N–H and O–H groups in total. The van der Waals surface area contributed by atoms with Crippen LogP contribution in [0.5, 0.6) is 0 Å². The summed E-state index contributed by atoms with van der Waals surface area (Å²) in [6, 6.07) is 0. The van der Waals surface area contributed by atoms with Crippen molar-refractivity contribution in [3.63, 3.8) is 0 Å². The number of nitrogens with zero attached hydrogens (tertiary/aromatic N) is 4. The van der Waals surface area contributed by atoms with Crippen LogP contribution in [0.4, 0.5) is 5.82 Å². The first-order chi connectivity index (χ1) is 8.13. The van der Waals surface area contributed by atoms with E-state index in [-0.39, 0.29) is 12.4 Å². The number of carbonyl (C=O) groups is 1. The number of hydrogen-bond acceptors (Lipinski definition) is 6. The minimum absolute atomic E-state index is 0.0464. The number of aromatic amines is 1. The quantitative estimate of drug-likeness (QED) is 0.723. The first kappa shape index (κ1) is 11.1. The van der Waals surface area contributed by atoms with E-state index < -0.39 is 5.97 Å². The number of esters is 1. The van der Waals surface area contributed by atoms with Gasteiger partial charge in [-0.05, 0) is 6.92 Å². The Morgan fingerprint density at radius 1 is 1.65 bits per heavy atom. The van der Waals surface area contributed by atoms with Gasteiger partial charge in [0.25, 0.3) is 0 Å². The van der Waals surface area contributed by atoms with Crippen LogP contribution in [0.2, 0.25) is 0 Å². The molecule has 2 rings (SSSR count). The van der Waals surface area contributed by atoms with Crippen molar-refractivity contribution in [1.82, 2.24) is 25.0 Å². The first-order valence-electron chi connectivity index (χ1n) is 5.00. The molecule has 0 spiro atoms. The fourth-order valence-electron chi connectivity index (χ4n) is 1.29. The number of aromatic nitrogens is 5. The zero-order valence-electron chi connectivity index (χ0n) is 9.47. The van der Waals surface area contributed by atoms with Gasteiger partial charge in [-0.2, -0.15) is 10.2 Å². The van der Waals surface area contributed by atoms with Crippen molar-refractivity contribution in [2.45, 2.75) is 6.92 Å². The number of H-pyrrole nitrogens is 1. The van der Waals surface area contributed by atoms with Crippen LogP contribution in [0.3, 0.4) is 0 Å². The average molecular weight is 236 g/mol. The molecule has 0 saturated heterocycles. The molecule has 0 aliphatic carbocycles. The Morgan fingerprint density at radius 3 is 3.00 bits per heavy atom. The van der Waals surface area contributed by atoms with Gasteiger partial charge in [-0.15, -0.1) is 0 Å². The molecule has 0 amide bonds. The number of aryl methyl sites for hydroxylation is 1. The van der Waals surface area contributed by atoms with Gasteiger partial charge in [0.2, 0.25) is 5.82 Å². The van der Waals surface area contributed by atoms with E-state index in [1.54, 1.807) is 14.0 Å². The SMILES string of the molecule is CCOC(=O)c1nc(-c2cnn(C)c2N)n[nH]1. The molecule has 0 aromatic carbocycles. The topological polar surface area (TPSA) is 112 Å². The number of nitrogen functional groups attached to an aromatic ring is 1. The van der Waals surface area contributed by atoms with E-state index in [9.17, 15) is 4.79 Å². The number of hydrogen-bond donors (Lipinski definition) is 2. The van der Waals surface area contributed by atoms with E-state index in [0.717, 1.165) is 0 Å². The van der Waals surface area contributed by atoms with Gasteiger partial charge in [0.1, 0.15) is 5.82 Å². The van der Waals surface area contributed by atoms with Crippen molar-refractivity contribution in [2.75, 3.05) is 12.3 Å². The van der Waals surface area contributed by atoms with Crippen LogP contribution in [-0.2, 0) is 11.8 Å². The monoisotopic (exact) mass is 236 g/mol. The fourth-order valence-corrected chi connectivity index (χ4v) is 1.29. The third-order valence-corrected chi connectivity index (χ3v) is 2.18. The summed E-state index contributed by atoms with van der Waals surface area (Å²) in [6.07, 6.45) is 1.54. The number of ether oxygens (including phenoxy) is 1. The maximum absolute atomic E-state index is 11.4.